The van der Waals surface area contributed by atoms with Crippen molar-refractivity contribution >= 4 is 5.95 Å². The molecule has 28 heavy (non-hydrogen) atoms. The van der Waals surface area contributed by atoms with Crippen molar-refractivity contribution in [3.63, 3.8) is 0 Å². The number of hydrogen-bond acceptors (Lipinski definition) is 5. The fourth-order valence-electron chi connectivity index (χ4n) is 3.79. The van der Waals surface area contributed by atoms with Crippen molar-refractivity contribution in [2.45, 2.75) is 32.7 Å². The van der Waals surface area contributed by atoms with Gasteiger partial charge < -0.3 is 15.0 Å². The quantitative estimate of drug-likeness (QED) is 0.681. The van der Waals surface area contributed by atoms with E-state index >= 15 is 0 Å². The van der Waals surface area contributed by atoms with E-state index in [4.69, 9.17) is 4.98 Å². The Bertz CT molecular complexity index is 969. The minimum absolute atomic E-state index is 0.0341. The van der Waals surface area contributed by atoms with Crippen LogP contribution in [0.3, 0.4) is 0 Å². The van der Waals surface area contributed by atoms with E-state index in [1.54, 1.807) is 18.3 Å². The van der Waals surface area contributed by atoms with Crippen LogP contribution in [0.5, 0.6) is 0 Å². The molecular formula is C21H24FN5O. The average molecular weight is 381 g/mol. The molecule has 4 rings (SSSR count). The number of aliphatic hydroxyl groups excluding tert-OH is 1. The second-order valence-corrected chi connectivity index (χ2v) is 7.23. The van der Waals surface area contributed by atoms with Crippen LogP contribution in [0.2, 0.25) is 0 Å². The van der Waals surface area contributed by atoms with Gasteiger partial charge in [-0.05, 0) is 42.7 Å². The number of nitrogens with one attached hydrogen (secondary N) is 1. The fraction of sp³-hybridized carbons (Fsp3) is 0.381. The molecule has 2 N–H and O–H groups in total. The van der Waals surface area contributed by atoms with Gasteiger partial charge >= 0.3 is 0 Å². The standard InChI is InChI=1S/C21H24FN5O/c1-3-9-23-21-24-10-8-16(25-21)20-19(14-4-6-15(22)7-5-14)26-18-11-13(2)17(12-28)27(18)20/h4-8,10,13,17,28H,3,9,11-12H2,1-2H3,(H,23,24,25)/t13-,17-/m0/s1. The highest BCUT2D eigenvalue weighted by Gasteiger charge is 2.35. The second-order valence-electron chi connectivity index (χ2n) is 7.23. The van der Waals surface area contributed by atoms with Crippen LogP contribution in [-0.2, 0) is 6.42 Å². The Morgan fingerprint density at radius 2 is 2.00 bits per heavy atom. The summed E-state index contributed by atoms with van der Waals surface area (Å²) >= 11 is 0. The molecule has 146 valence electrons. The Kier molecular flexibility index (Phi) is 5.09. The van der Waals surface area contributed by atoms with Crippen molar-refractivity contribution in [3.05, 3.63) is 48.2 Å². The Morgan fingerprint density at radius 1 is 1.21 bits per heavy atom. The molecule has 0 saturated heterocycles. The van der Waals surface area contributed by atoms with E-state index in [0.29, 0.717) is 5.95 Å². The lowest BCUT2D eigenvalue weighted by Gasteiger charge is -2.19. The van der Waals surface area contributed by atoms with Crippen LogP contribution >= 0.6 is 0 Å². The Labute approximate surface area is 163 Å². The van der Waals surface area contributed by atoms with E-state index in [2.05, 4.69) is 33.7 Å². The Balaban J connectivity index is 1.88. The van der Waals surface area contributed by atoms with Gasteiger partial charge in [0.1, 0.15) is 11.6 Å². The van der Waals surface area contributed by atoms with Crippen LogP contribution in [0.4, 0.5) is 10.3 Å². The molecule has 0 saturated carbocycles. The monoisotopic (exact) mass is 381 g/mol. The smallest absolute Gasteiger partial charge is 0.223 e. The van der Waals surface area contributed by atoms with Gasteiger partial charge in [-0.25, -0.2) is 19.3 Å². The first kappa shape index (κ1) is 18.6. The number of halogens is 1. The van der Waals surface area contributed by atoms with Gasteiger partial charge in [0.05, 0.1) is 29.7 Å². The molecule has 0 aliphatic carbocycles. The maximum absolute atomic E-state index is 13.4. The molecule has 7 heteroatoms. The number of hydrogen-bond donors (Lipinski definition) is 2. The van der Waals surface area contributed by atoms with Gasteiger partial charge in [-0.1, -0.05) is 13.8 Å². The van der Waals surface area contributed by atoms with Gasteiger partial charge in [-0.3, -0.25) is 0 Å². The minimum Gasteiger partial charge on any atom is -0.394 e. The second kappa shape index (κ2) is 7.67. The zero-order chi connectivity index (χ0) is 19.7. The van der Waals surface area contributed by atoms with Crippen molar-refractivity contribution in [1.29, 1.82) is 0 Å². The van der Waals surface area contributed by atoms with Crippen LogP contribution in [0.15, 0.2) is 36.5 Å². The summed E-state index contributed by atoms with van der Waals surface area (Å²) < 4.78 is 15.5. The lowest BCUT2D eigenvalue weighted by molar-refractivity contribution is 0.206. The largest absolute Gasteiger partial charge is 0.394 e. The molecule has 1 aliphatic rings. The third kappa shape index (κ3) is 3.26. The predicted molar refractivity (Wildman–Crippen MR) is 106 cm³/mol. The summed E-state index contributed by atoms with van der Waals surface area (Å²) in [5.41, 5.74) is 3.15. The molecule has 2 atom stereocenters. The molecule has 2 aromatic heterocycles. The molecule has 0 spiro atoms. The maximum atomic E-state index is 13.4. The highest BCUT2D eigenvalue weighted by molar-refractivity contribution is 5.78. The number of aliphatic hydroxyl groups is 1. The van der Waals surface area contributed by atoms with Gasteiger partial charge in [0.2, 0.25) is 5.95 Å². The Hall–Kier alpha value is -2.80. The van der Waals surface area contributed by atoms with Crippen molar-refractivity contribution in [2.75, 3.05) is 18.5 Å². The van der Waals surface area contributed by atoms with Crippen LogP contribution in [0.25, 0.3) is 22.6 Å². The zero-order valence-electron chi connectivity index (χ0n) is 16.1. The maximum Gasteiger partial charge on any atom is 0.223 e. The third-order valence-electron chi connectivity index (χ3n) is 5.21. The molecule has 0 unspecified atom stereocenters. The fourth-order valence-corrected chi connectivity index (χ4v) is 3.79. The highest BCUT2D eigenvalue weighted by Crippen LogP contribution is 2.41. The van der Waals surface area contributed by atoms with Crippen LogP contribution in [-0.4, -0.2) is 37.8 Å². The van der Waals surface area contributed by atoms with Gasteiger partial charge in [0.15, 0.2) is 0 Å². The van der Waals surface area contributed by atoms with E-state index in [0.717, 1.165) is 47.9 Å². The molecule has 3 heterocycles. The molecule has 3 aromatic rings. The summed E-state index contributed by atoms with van der Waals surface area (Å²) in [6.07, 6.45) is 3.48. The van der Waals surface area contributed by atoms with E-state index < -0.39 is 0 Å². The summed E-state index contributed by atoms with van der Waals surface area (Å²) in [7, 11) is 0. The van der Waals surface area contributed by atoms with Gasteiger partial charge in [-0.15, -0.1) is 0 Å². The first-order chi connectivity index (χ1) is 13.6. The molecule has 0 fully saturated rings. The van der Waals surface area contributed by atoms with Crippen molar-refractivity contribution in [1.82, 2.24) is 19.5 Å². The van der Waals surface area contributed by atoms with Gasteiger partial charge in [0, 0.05) is 24.7 Å². The SMILES string of the molecule is CCCNc1nccc(-c2c(-c3ccc(F)cc3)nc3n2[C@@H](CO)[C@@H](C)C3)n1. The highest BCUT2D eigenvalue weighted by atomic mass is 19.1. The summed E-state index contributed by atoms with van der Waals surface area (Å²) in [6.45, 7) is 5.02. The zero-order valence-corrected chi connectivity index (χ0v) is 16.1. The number of imidazole rings is 1. The normalized spacial score (nSPS) is 18.3. The Morgan fingerprint density at radius 3 is 2.71 bits per heavy atom. The van der Waals surface area contributed by atoms with Crippen LogP contribution in [0, 0.1) is 11.7 Å². The number of anilines is 1. The van der Waals surface area contributed by atoms with E-state index in [1.165, 1.54) is 12.1 Å². The summed E-state index contributed by atoms with van der Waals surface area (Å²) in [4.78, 5) is 13.8. The van der Waals surface area contributed by atoms with Crippen LogP contribution in [0.1, 0.15) is 32.1 Å². The molecule has 1 aliphatic heterocycles. The van der Waals surface area contributed by atoms with E-state index in [-0.39, 0.29) is 24.4 Å². The number of aromatic nitrogens is 4. The number of benzene rings is 1. The first-order valence-electron chi connectivity index (χ1n) is 9.67. The van der Waals surface area contributed by atoms with Gasteiger partial charge in [0.25, 0.3) is 0 Å². The van der Waals surface area contributed by atoms with Crippen molar-refractivity contribution in [3.8, 4) is 22.6 Å². The number of rotatable bonds is 6. The lowest BCUT2D eigenvalue weighted by atomic mass is 10.0. The molecule has 6 nitrogen and oxygen atoms in total. The third-order valence-corrected chi connectivity index (χ3v) is 5.21. The van der Waals surface area contributed by atoms with Crippen molar-refractivity contribution in [2.24, 2.45) is 5.92 Å². The van der Waals surface area contributed by atoms with Crippen molar-refractivity contribution < 1.29 is 9.50 Å². The summed E-state index contributed by atoms with van der Waals surface area (Å²) in [6, 6.07) is 8.12. The molecule has 0 radical (unpaired) electrons. The number of nitrogens with zero attached hydrogens (tertiary/aromatic N) is 4. The van der Waals surface area contributed by atoms with Gasteiger partial charge in [-0.2, -0.15) is 0 Å². The topological polar surface area (TPSA) is 75.9 Å². The molecular weight excluding hydrogens is 357 g/mol. The molecule has 1 aromatic carbocycles. The molecule has 0 amide bonds. The lowest BCUT2D eigenvalue weighted by Crippen LogP contribution is -2.16. The molecule has 0 bridgehead atoms. The number of fused-ring (bicyclic) bond motifs is 1. The van der Waals surface area contributed by atoms with E-state index in [9.17, 15) is 9.50 Å². The first-order valence-corrected chi connectivity index (χ1v) is 9.67. The predicted octanol–water partition coefficient (Wildman–Crippen LogP) is 3.69. The average Bonchev–Trinajstić information content (AvgIpc) is 3.21. The van der Waals surface area contributed by atoms with E-state index in [1.807, 2.05) is 6.07 Å². The summed E-state index contributed by atoms with van der Waals surface area (Å²) in [5, 5.41) is 13.2. The minimum atomic E-state index is -0.285. The van der Waals surface area contributed by atoms with Crippen LogP contribution < -0.4 is 5.32 Å². The summed E-state index contributed by atoms with van der Waals surface area (Å²) in [5.74, 6) is 1.48.